The van der Waals surface area contributed by atoms with Crippen LogP contribution in [0.5, 0.6) is 11.5 Å². The van der Waals surface area contributed by atoms with Gasteiger partial charge in [-0.2, -0.15) is 17.4 Å². The summed E-state index contributed by atoms with van der Waals surface area (Å²) < 4.78 is 39.2. The fraction of sp³-hybridized carbons (Fsp3) is 0.400. The van der Waals surface area contributed by atoms with Crippen molar-refractivity contribution in [1.82, 2.24) is 14.3 Å². The first-order chi connectivity index (χ1) is 16.1. The molecule has 0 saturated heterocycles. The molecule has 0 aliphatic carbocycles. The topological polar surface area (TPSA) is 97.0 Å². The lowest BCUT2D eigenvalue weighted by Crippen LogP contribution is -2.45. The summed E-state index contributed by atoms with van der Waals surface area (Å²) in [6.07, 6.45) is 5.74. The van der Waals surface area contributed by atoms with Crippen LogP contribution in [0.2, 0.25) is 0 Å². The number of ether oxygens (including phenoxy) is 2. The van der Waals surface area contributed by atoms with Gasteiger partial charge in [-0.05, 0) is 41.2 Å². The number of rotatable bonds is 12. The molecule has 0 spiro atoms. The Kier molecular flexibility index (Phi) is 9.93. The van der Waals surface area contributed by atoms with Gasteiger partial charge in [-0.1, -0.05) is 50.1 Å². The number of amides is 1. The van der Waals surface area contributed by atoms with E-state index in [0.717, 1.165) is 15.4 Å². The number of hydrogen-bond donors (Lipinski definition) is 2. The first-order valence-electron chi connectivity index (χ1n) is 10.9. The molecule has 184 valence electrons. The van der Waals surface area contributed by atoms with Crippen molar-refractivity contribution in [3.05, 3.63) is 59.2 Å². The van der Waals surface area contributed by atoms with Crippen LogP contribution in [-0.4, -0.2) is 53.0 Å². The van der Waals surface area contributed by atoms with Gasteiger partial charge < -0.3 is 14.8 Å². The summed E-state index contributed by atoms with van der Waals surface area (Å²) in [5, 5.41) is 2.83. The van der Waals surface area contributed by atoms with Crippen molar-refractivity contribution in [1.29, 1.82) is 0 Å². The van der Waals surface area contributed by atoms with Crippen LogP contribution in [0, 0.1) is 12.3 Å². The molecule has 0 saturated carbocycles. The smallest absolute Gasteiger partial charge is 0.279 e. The molecule has 0 fully saturated rings. The van der Waals surface area contributed by atoms with E-state index < -0.39 is 22.2 Å². The van der Waals surface area contributed by atoms with Crippen LogP contribution in [0.3, 0.4) is 0 Å². The number of nitrogens with zero attached hydrogens (tertiary/aromatic N) is 1. The highest BCUT2D eigenvalue weighted by Crippen LogP contribution is 2.28. The molecular formula is C25H33N3O5S. The molecule has 0 aliphatic rings. The average Bonchev–Trinajstić information content (AvgIpc) is 2.81. The van der Waals surface area contributed by atoms with E-state index in [0.29, 0.717) is 35.9 Å². The van der Waals surface area contributed by atoms with Crippen molar-refractivity contribution in [2.45, 2.75) is 32.2 Å². The van der Waals surface area contributed by atoms with Crippen molar-refractivity contribution < 1.29 is 22.7 Å². The normalized spacial score (nSPS) is 12.3. The first kappa shape index (κ1) is 27.2. The Morgan fingerprint density at radius 3 is 2.29 bits per heavy atom. The summed E-state index contributed by atoms with van der Waals surface area (Å²) in [7, 11) is 0.512. The molecule has 9 heteroatoms. The summed E-state index contributed by atoms with van der Waals surface area (Å²) in [5.74, 6) is 3.37. The summed E-state index contributed by atoms with van der Waals surface area (Å²) in [4.78, 5) is 13.0. The Morgan fingerprint density at radius 1 is 1.09 bits per heavy atom. The van der Waals surface area contributed by atoms with Crippen LogP contribution < -0.4 is 19.5 Å². The summed E-state index contributed by atoms with van der Waals surface area (Å²) in [6, 6.07) is 11.7. The van der Waals surface area contributed by atoms with E-state index in [4.69, 9.17) is 15.9 Å². The van der Waals surface area contributed by atoms with Crippen molar-refractivity contribution in [2.24, 2.45) is 0 Å². The monoisotopic (exact) mass is 487 g/mol. The minimum absolute atomic E-state index is 0.133. The number of terminal acetylenes is 1. The lowest BCUT2D eigenvalue weighted by atomic mass is 9.99. The molecule has 1 amide bonds. The summed E-state index contributed by atoms with van der Waals surface area (Å²) in [6.45, 7) is 4.57. The molecule has 0 heterocycles. The number of methoxy groups -OCH3 is 1. The van der Waals surface area contributed by atoms with E-state index >= 15 is 0 Å². The highest BCUT2D eigenvalue weighted by Gasteiger charge is 2.27. The first-order valence-corrected chi connectivity index (χ1v) is 12.3. The van der Waals surface area contributed by atoms with E-state index in [1.807, 2.05) is 24.3 Å². The van der Waals surface area contributed by atoms with E-state index in [2.05, 4.69) is 29.8 Å². The molecule has 2 aromatic rings. The van der Waals surface area contributed by atoms with Crippen molar-refractivity contribution in [2.75, 3.05) is 34.4 Å². The van der Waals surface area contributed by atoms with E-state index in [1.165, 1.54) is 21.2 Å². The minimum atomic E-state index is -3.84. The molecule has 0 aliphatic heterocycles. The molecule has 0 radical (unpaired) electrons. The maximum absolute atomic E-state index is 13.0. The summed E-state index contributed by atoms with van der Waals surface area (Å²) in [5.41, 5.74) is 2.57. The molecule has 2 rings (SSSR count). The fourth-order valence-electron chi connectivity index (χ4n) is 3.14. The van der Waals surface area contributed by atoms with Crippen LogP contribution in [0.1, 0.15) is 42.5 Å². The fourth-order valence-corrected chi connectivity index (χ4v) is 3.89. The zero-order valence-electron chi connectivity index (χ0n) is 20.3. The maximum atomic E-state index is 13.0. The third-order valence-electron chi connectivity index (χ3n) is 5.20. The Labute approximate surface area is 202 Å². The van der Waals surface area contributed by atoms with Crippen LogP contribution in [0.15, 0.2) is 42.5 Å². The molecule has 8 nitrogen and oxygen atoms in total. The lowest BCUT2D eigenvalue weighted by molar-refractivity contribution is -0.122. The molecule has 1 atom stereocenters. The third kappa shape index (κ3) is 7.48. The Morgan fingerprint density at radius 2 is 1.74 bits per heavy atom. The van der Waals surface area contributed by atoms with Gasteiger partial charge in [0.25, 0.3) is 10.2 Å². The molecule has 2 N–H and O–H groups in total. The largest absolute Gasteiger partial charge is 0.493 e. The van der Waals surface area contributed by atoms with Gasteiger partial charge >= 0.3 is 0 Å². The van der Waals surface area contributed by atoms with Crippen LogP contribution in [-0.2, 0) is 21.4 Å². The lowest BCUT2D eigenvalue weighted by Gasteiger charge is -2.22. The van der Waals surface area contributed by atoms with Gasteiger partial charge in [0, 0.05) is 20.6 Å². The second-order valence-electron chi connectivity index (χ2n) is 8.18. The number of carbonyl (C=O) groups excluding carboxylic acids is 1. The second-order valence-corrected chi connectivity index (χ2v) is 10.1. The molecule has 2 aromatic carbocycles. The molecule has 0 aromatic heterocycles. The van der Waals surface area contributed by atoms with Crippen LogP contribution in [0.4, 0.5) is 0 Å². The zero-order chi connectivity index (χ0) is 25.3. The number of nitrogens with one attached hydrogen (secondary N) is 2. The van der Waals surface area contributed by atoms with Gasteiger partial charge in [0.05, 0.1) is 7.11 Å². The van der Waals surface area contributed by atoms with E-state index in [-0.39, 0.29) is 6.61 Å². The molecule has 34 heavy (non-hydrogen) atoms. The summed E-state index contributed by atoms with van der Waals surface area (Å²) >= 11 is 0. The SMILES string of the molecule is C#CCOc1ccc(CCNC(=O)C(NS(=O)(=O)N(C)C)c2ccc(C(C)C)cc2)cc1OC. The van der Waals surface area contributed by atoms with Gasteiger partial charge in [0.1, 0.15) is 12.6 Å². The predicted molar refractivity (Wildman–Crippen MR) is 133 cm³/mol. The Hall–Kier alpha value is -3.06. The van der Waals surface area contributed by atoms with Gasteiger partial charge in [-0.15, -0.1) is 6.42 Å². The van der Waals surface area contributed by atoms with E-state index in [9.17, 15) is 13.2 Å². The van der Waals surface area contributed by atoms with Gasteiger partial charge in [0.2, 0.25) is 5.91 Å². The molecular weight excluding hydrogens is 454 g/mol. The average molecular weight is 488 g/mol. The maximum Gasteiger partial charge on any atom is 0.279 e. The van der Waals surface area contributed by atoms with Gasteiger partial charge in [-0.3, -0.25) is 4.79 Å². The van der Waals surface area contributed by atoms with Crippen molar-refractivity contribution >= 4 is 16.1 Å². The van der Waals surface area contributed by atoms with Gasteiger partial charge in [-0.25, -0.2) is 0 Å². The highest BCUT2D eigenvalue weighted by atomic mass is 32.2. The molecule has 0 bridgehead atoms. The molecule has 1 unspecified atom stereocenters. The number of hydrogen-bond acceptors (Lipinski definition) is 5. The standard InChI is InChI=1S/C25H33N3O5S/c1-7-16-33-22-13-8-19(17-23(22)32-6)14-15-26-25(29)24(27-34(30,31)28(4)5)21-11-9-20(10-12-21)18(2)3/h1,8-13,17-18,24,27H,14-16H2,2-6H3,(H,26,29). The highest BCUT2D eigenvalue weighted by molar-refractivity contribution is 7.87. The Bertz CT molecular complexity index is 1110. The van der Waals surface area contributed by atoms with Crippen LogP contribution >= 0.6 is 0 Å². The quantitative estimate of drug-likeness (QED) is 0.449. The van der Waals surface area contributed by atoms with Crippen molar-refractivity contribution in [3.63, 3.8) is 0 Å². The number of carbonyl (C=O) groups is 1. The minimum Gasteiger partial charge on any atom is -0.493 e. The number of benzene rings is 2. The third-order valence-corrected chi connectivity index (χ3v) is 6.69. The van der Waals surface area contributed by atoms with Crippen LogP contribution in [0.25, 0.3) is 0 Å². The van der Waals surface area contributed by atoms with Gasteiger partial charge in [0.15, 0.2) is 11.5 Å². The van der Waals surface area contributed by atoms with E-state index in [1.54, 1.807) is 18.2 Å². The van der Waals surface area contributed by atoms with Crippen molar-refractivity contribution in [3.8, 4) is 23.8 Å². The zero-order valence-corrected chi connectivity index (χ0v) is 21.1. The second kappa shape index (κ2) is 12.4. The Balaban J connectivity index is 2.13. The predicted octanol–water partition coefficient (Wildman–Crippen LogP) is 2.63.